The number of amides is 2. The third kappa shape index (κ3) is 5.48. The summed E-state index contributed by atoms with van der Waals surface area (Å²) in [6.07, 6.45) is 4.45. The first-order chi connectivity index (χ1) is 17.8. The van der Waals surface area contributed by atoms with Gasteiger partial charge in [0.15, 0.2) is 0 Å². The van der Waals surface area contributed by atoms with Gasteiger partial charge in [-0.05, 0) is 86.8 Å². The molecule has 2 N–H and O–H groups in total. The number of aromatic nitrogens is 1. The fourth-order valence-electron chi connectivity index (χ4n) is 4.98. The van der Waals surface area contributed by atoms with Crippen LogP contribution < -0.4 is 15.5 Å². The first kappa shape index (κ1) is 25.2. The minimum absolute atomic E-state index is 0.0661. The van der Waals surface area contributed by atoms with E-state index in [4.69, 9.17) is 11.6 Å². The van der Waals surface area contributed by atoms with Crippen molar-refractivity contribution in [3.8, 4) is 0 Å². The number of pyridine rings is 1. The SMILES string of the molecule is Cc1cnc(Cl)c(C(=O)Nc2ccc(C3(NC(=O)c4ccc(N5CCN(C)CC5)cc4)CCC3)cc2)c1. The van der Waals surface area contributed by atoms with Gasteiger partial charge >= 0.3 is 0 Å². The molecule has 0 atom stereocenters. The molecule has 3 aromatic rings. The first-order valence-electron chi connectivity index (χ1n) is 12.7. The fourth-order valence-corrected chi connectivity index (χ4v) is 5.17. The minimum Gasteiger partial charge on any atom is -0.369 e. The summed E-state index contributed by atoms with van der Waals surface area (Å²) < 4.78 is 0. The summed E-state index contributed by atoms with van der Waals surface area (Å²) >= 11 is 6.10. The van der Waals surface area contributed by atoms with Crippen molar-refractivity contribution in [1.29, 1.82) is 0 Å². The van der Waals surface area contributed by atoms with Crippen LogP contribution in [0.15, 0.2) is 60.8 Å². The Labute approximate surface area is 222 Å². The van der Waals surface area contributed by atoms with Crippen LogP contribution in [0.4, 0.5) is 11.4 Å². The van der Waals surface area contributed by atoms with Gasteiger partial charge in [0, 0.05) is 49.3 Å². The van der Waals surface area contributed by atoms with Crippen LogP contribution in [0, 0.1) is 6.92 Å². The van der Waals surface area contributed by atoms with Gasteiger partial charge in [-0.1, -0.05) is 23.7 Å². The third-order valence-electron chi connectivity index (χ3n) is 7.47. The van der Waals surface area contributed by atoms with Gasteiger partial charge in [0.25, 0.3) is 11.8 Å². The number of hydrogen-bond acceptors (Lipinski definition) is 5. The Bertz CT molecular complexity index is 1280. The Balaban J connectivity index is 1.24. The van der Waals surface area contributed by atoms with Gasteiger partial charge < -0.3 is 20.4 Å². The zero-order valence-electron chi connectivity index (χ0n) is 21.3. The number of halogens is 1. The molecule has 1 saturated carbocycles. The number of piperazine rings is 1. The maximum Gasteiger partial charge on any atom is 0.258 e. The van der Waals surface area contributed by atoms with Crippen LogP contribution in [-0.4, -0.2) is 54.9 Å². The van der Waals surface area contributed by atoms with Crippen LogP contribution in [0.25, 0.3) is 0 Å². The predicted molar refractivity (Wildman–Crippen MR) is 148 cm³/mol. The van der Waals surface area contributed by atoms with E-state index >= 15 is 0 Å². The number of benzene rings is 2. The van der Waals surface area contributed by atoms with E-state index < -0.39 is 0 Å². The molecule has 2 heterocycles. The van der Waals surface area contributed by atoms with E-state index in [2.05, 4.69) is 32.5 Å². The van der Waals surface area contributed by atoms with Crippen molar-refractivity contribution in [2.75, 3.05) is 43.4 Å². The molecule has 1 aliphatic carbocycles. The van der Waals surface area contributed by atoms with Gasteiger partial charge in [-0.3, -0.25) is 9.59 Å². The third-order valence-corrected chi connectivity index (χ3v) is 7.77. The smallest absolute Gasteiger partial charge is 0.258 e. The number of hydrogen-bond donors (Lipinski definition) is 2. The van der Waals surface area contributed by atoms with E-state index in [0.717, 1.165) is 62.3 Å². The zero-order chi connectivity index (χ0) is 26.0. The van der Waals surface area contributed by atoms with Crippen LogP contribution in [0.2, 0.25) is 5.15 Å². The van der Waals surface area contributed by atoms with E-state index in [1.807, 2.05) is 55.5 Å². The van der Waals surface area contributed by atoms with Gasteiger partial charge in [0.2, 0.25) is 0 Å². The molecule has 2 fully saturated rings. The number of rotatable bonds is 6. The molecule has 1 aliphatic heterocycles. The number of carbonyl (C=O) groups excluding carboxylic acids is 2. The molecule has 1 saturated heterocycles. The molecule has 0 spiro atoms. The van der Waals surface area contributed by atoms with Crippen molar-refractivity contribution in [1.82, 2.24) is 15.2 Å². The molecule has 1 aromatic heterocycles. The highest BCUT2D eigenvalue weighted by Gasteiger charge is 2.40. The highest BCUT2D eigenvalue weighted by molar-refractivity contribution is 6.33. The molecule has 8 heteroatoms. The Kier molecular flexibility index (Phi) is 7.17. The minimum atomic E-state index is -0.389. The van der Waals surface area contributed by atoms with Gasteiger partial charge in [0.1, 0.15) is 5.15 Å². The average molecular weight is 518 g/mol. The Morgan fingerprint density at radius 2 is 1.62 bits per heavy atom. The summed E-state index contributed by atoms with van der Waals surface area (Å²) in [6, 6.07) is 17.3. The number of nitrogens with one attached hydrogen (secondary N) is 2. The average Bonchev–Trinajstić information content (AvgIpc) is 2.88. The second-order valence-electron chi connectivity index (χ2n) is 10.1. The molecule has 0 unspecified atom stereocenters. The van der Waals surface area contributed by atoms with Crippen LogP contribution in [-0.2, 0) is 5.54 Å². The summed E-state index contributed by atoms with van der Waals surface area (Å²) in [7, 11) is 2.14. The summed E-state index contributed by atoms with van der Waals surface area (Å²) in [5, 5.41) is 6.35. The summed E-state index contributed by atoms with van der Waals surface area (Å²) in [5.74, 6) is -0.371. The first-order valence-corrected chi connectivity index (χ1v) is 13.1. The summed E-state index contributed by atoms with van der Waals surface area (Å²) in [5.41, 5.74) is 4.33. The topological polar surface area (TPSA) is 77.6 Å². The van der Waals surface area contributed by atoms with Crippen LogP contribution in [0.3, 0.4) is 0 Å². The van der Waals surface area contributed by atoms with E-state index in [1.54, 1.807) is 12.3 Å². The lowest BCUT2D eigenvalue weighted by Gasteiger charge is -2.43. The predicted octanol–water partition coefficient (Wildman–Crippen LogP) is 4.86. The Morgan fingerprint density at radius 3 is 2.24 bits per heavy atom. The van der Waals surface area contributed by atoms with Crippen molar-refractivity contribution >= 4 is 34.8 Å². The molecular formula is C29H32ClN5O2. The number of carbonyl (C=O) groups is 2. The largest absolute Gasteiger partial charge is 0.369 e. The number of nitrogens with zero attached hydrogens (tertiary/aromatic N) is 3. The molecule has 37 heavy (non-hydrogen) atoms. The van der Waals surface area contributed by atoms with Crippen LogP contribution in [0.5, 0.6) is 0 Å². The quantitative estimate of drug-likeness (QED) is 0.457. The van der Waals surface area contributed by atoms with Gasteiger partial charge in [0.05, 0.1) is 11.1 Å². The molecule has 2 aromatic carbocycles. The van der Waals surface area contributed by atoms with Crippen molar-refractivity contribution in [3.05, 3.63) is 88.2 Å². The summed E-state index contributed by atoms with van der Waals surface area (Å²) in [4.78, 5) is 34.6. The Morgan fingerprint density at radius 1 is 0.946 bits per heavy atom. The molecule has 192 valence electrons. The van der Waals surface area contributed by atoms with Gasteiger partial charge in [-0.15, -0.1) is 0 Å². The maximum absolute atomic E-state index is 13.2. The zero-order valence-corrected chi connectivity index (χ0v) is 22.0. The monoisotopic (exact) mass is 517 g/mol. The van der Waals surface area contributed by atoms with Crippen molar-refractivity contribution in [2.24, 2.45) is 0 Å². The molecule has 2 aliphatic rings. The van der Waals surface area contributed by atoms with Crippen LogP contribution >= 0.6 is 11.6 Å². The van der Waals surface area contributed by atoms with E-state index in [1.165, 1.54) is 0 Å². The van der Waals surface area contributed by atoms with E-state index in [0.29, 0.717) is 16.8 Å². The molecule has 0 bridgehead atoms. The summed E-state index contributed by atoms with van der Waals surface area (Å²) in [6.45, 7) is 5.95. The van der Waals surface area contributed by atoms with E-state index in [-0.39, 0.29) is 22.5 Å². The van der Waals surface area contributed by atoms with Crippen molar-refractivity contribution < 1.29 is 9.59 Å². The standard InChI is InChI=1S/C29H32ClN5O2/c1-20-18-25(26(30)31-19-20)28(37)32-23-8-6-22(7-9-23)29(12-3-13-29)33-27(36)21-4-10-24(11-5-21)35-16-14-34(2)15-17-35/h4-11,18-19H,3,12-17H2,1-2H3,(H,32,37)(H,33,36). The normalized spacial score (nSPS) is 17.1. The van der Waals surface area contributed by atoms with Gasteiger partial charge in [-0.25, -0.2) is 4.98 Å². The van der Waals surface area contributed by atoms with Crippen LogP contribution in [0.1, 0.15) is 51.1 Å². The molecule has 2 amide bonds. The highest BCUT2D eigenvalue weighted by atomic mass is 35.5. The molecular weight excluding hydrogens is 486 g/mol. The molecule has 7 nitrogen and oxygen atoms in total. The number of anilines is 2. The van der Waals surface area contributed by atoms with Crippen molar-refractivity contribution in [2.45, 2.75) is 31.7 Å². The number of aryl methyl sites for hydroxylation is 1. The Hall–Kier alpha value is -3.42. The van der Waals surface area contributed by atoms with Gasteiger partial charge in [-0.2, -0.15) is 0 Å². The lowest BCUT2D eigenvalue weighted by Crippen LogP contribution is -2.50. The number of likely N-dealkylation sites (N-methyl/N-ethyl adjacent to an activating group) is 1. The van der Waals surface area contributed by atoms with E-state index in [9.17, 15) is 9.59 Å². The van der Waals surface area contributed by atoms with Crippen molar-refractivity contribution in [3.63, 3.8) is 0 Å². The lowest BCUT2D eigenvalue weighted by atomic mass is 9.71. The fraction of sp³-hybridized carbons (Fsp3) is 0.345. The second kappa shape index (κ2) is 10.5. The molecule has 5 rings (SSSR count). The second-order valence-corrected chi connectivity index (χ2v) is 10.5. The maximum atomic E-state index is 13.2. The lowest BCUT2D eigenvalue weighted by molar-refractivity contribution is 0.0823. The molecule has 0 radical (unpaired) electrons. The highest BCUT2D eigenvalue weighted by Crippen LogP contribution is 2.42.